The van der Waals surface area contributed by atoms with Crippen LogP contribution in [-0.4, -0.2) is 24.7 Å². The van der Waals surface area contributed by atoms with E-state index in [1.807, 2.05) is 0 Å². The van der Waals surface area contributed by atoms with Gasteiger partial charge in [0.25, 0.3) is 0 Å². The normalized spacial score (nSPS) is 14.3. The maximum Gasteiger partial charge on any atom is 0.573 e. The summed E-state index contributed by atoms with van der Waals surface area (Å²) in [5.41, 5.74) is 5.92. The van der Waals surface area contributed by atoms with Crippen molar-refractivity contribution in [2.75, 3.05) is 7.11 Å². The van der Waals surface area contributed by atoms with Gasteiger partial charge in [0.15, 0.2) is 0 Å². The predicted molar refractivity (Wildman–Crippen MR) is 65.5 cm³/mol. The van der Waals surface area contributed by atoms with Crippen molar-refractivity contribution in [3.8, 4) is 11.5 Å². The van der Waals surface area contributed by atoms with Gasteiger partial charge in [0.05, 0.1) is 19.3 Å². The summed E-state index contributed by atoms with van der Waals surface area (Å²) in [6.45, 7) is 1.43. The molecule has 19 heavy (non-hydrogen) atoms. The summed E-state index contributed by atoms with van der Waals surface area (Å²) in [7, 11) is 1.36. The van der Waals surface area contributed by atoms with Gasteiger partial charge < -0.3 is 20.3 Å². The fraction of sp³-hybridized carbons (Fsp3) is 0.455. The summed E-state index contributed by atoms with van der Waals surface area (Å²) >= 11 is 0. The van der Waals surface area contributed by atoms with Crippen molar-refractivity contribution < 1.29 is 27.8 Å². The Kier molecular flexibility index (Phi) is 6.41. The third-order valence-electron chi connectivity index (χ3n) is 2.31. The molecule has 0 radical (unpaired) electrons. The lowest BCUT2D eigenvalue weighted by Gasteiger charge is -2.19. The van der Waals surface area contributed by atoms with Crippen LogP contribution >= 0.6 is 12.4 Å². The van der Waals surface area contributed by atoms with Crippen LogP contribution in [0.3, 0.4) is 0 Å². The topological polar surface area (TPSA) is 64.7 Å². The molecule has 0 saturated carbocycles. The largest absolute Gasteiger partial charge is 0.573 e. The lowest BCUT2D eigenvalue weighted by molar-refractivity contribution is -0.274. The van der Waals surface area contributed by atoms with E-state index < -0.39 is 24.3 Å². The zero-order valence-electron chi connectivity index (χ0n) is 10.3. The second kappa shape index (κ2) is 6.83. The highest BCUT2D eigenvalue weighted by molar-refractivity contribution is 5.85. The van der Waals surface area contributed by atoms with Gasteiger partial charge in [-0.15, -0.1) is 25.6 Å². The predicted octanol–water partition coefficient (Wildman–Crippen LogP) is 2.40. The Morgan fingerprint density at radius 3 is 2.32 bits per heavy atom. The minimum atomic E-state index is -4.78. The zero-order chi connectivity index (χ0) is 13.9. The third kappa shape index (κ3) is 5.14. The minimum absolute atomic E-state index is 0. The van der Waals surface area contributed by atoms with E-state index in [2.05, 4.69) is 4.74 Å². The molecule has 0 aliphatic heterocycles. The SMILES string of the molecule is COc1ccc(OC(F)(F)F)cc1[C@H](N)[C@@H](C)O.Cl. The molecule has 0 heterocycles. The van der Waals surface area contributed by atoms with Crippen LogP contribution < -0.4 is 15.2 Å². The highest BCUT2D eigenvalue weighted by Crippen LogP contribution is 2.32. The first-order valence-corrected chi connectivity index (χ1v) is 5.12. The average Bonchev–Trinajstić information content (AvgIpc) is 2.25. The monoisotopic (exact) mass is 301 g/mol. The van der Waals surface area contributed by atoms with Crippen molar-refractivity contribution in [2.45, 2.75) is 25.4 Å². The number of nitrogens with two attached hydrogens (primary N) is 1. The molecular weight excluding hydrogens is 287 g/mol. The van der Waals surface area contributed by atoms with Crippen LogP contribution in [0.25, 0.3) is 0 Å². The first-order valence-electron chi connectivity index (χ1n) is 5.12. The molecule has 0 aliphatic carbocycles. The average molecular weight is 302 g/mol. The van der Waals surface area contributed by atoms with Crippen molar-refractivity contribution in [2.24, 2.45) is 5.73 Å². The molecule has 1 rings (SSSR count). The van der Waals surface area contributed by atoms with Crippen LogP contribution in [0.1, 0.15) is 18.5 Å². The number of aliphatic hydroxyl groups is 1. The van der Waals surface area contributed by atoms with Crippen LogP contribution in [-0.2, 0) is 0 Å². The van der Waals surface area contributed by atoms with Crippen LogP contribution in [0.4, 0.5) is 13.2 Å². The van der Waals surface area contributed by atoms with Crippen molar-refractivity contribution in [1.29, 1.82) is 0 Å². The summed E-state index contributed by atoms with van der Waals surface area (Å²) in [5, 5.41) is 9.37. The highest BCUT2D eigenvalue weighted by atomic mass is 35.5. The molecule has 0 amide bonds. The van der Waals surface area contributed by atoms with Crippen molar-refractivity contribution in [3.05, 3.63) is 23.8 Å². The lowest BCUT2D eigenvalue weighted by atomic mass is 10.0. The van der Waals surface area contributed by atoms with Gasteiger partial charge in [-0.2, -0.15) is 0 Å². The summed E-state index contributed by atoms with van der Waals surface area (Å²) < 4.78 is 45.0. The van der Waals surface area contributed by atoms with Crippen LogP contribution in [0.15, 0.2) is 18.2 Å². The van der Waals surface area contributed by atoms with Crippen molar-refractivity contribution in [3.63, 3.8) is 0 Å². The van der Waals surface area contributed by atoms with E-state index in [4.69, 9.17) is 10.5 Å². The second-order valence-electron chi connectivity index (χ2n) is 3.72. The van der Waals surface area contributed by atoms with E-state index in [9.17, 15) is 18.3 Å². The molecule has 1 aromatic carbocycles. The highest BCUT2D eigenvalue weighted by Gasteiger charge is 2.31. The van der Waals surface area contributed by atoms with E-state index in [1.165, 1.54) is 20.1 Å². The lowest BCUT2D eigenvalue weighted by Crippen LogP contribution is -2.24. The molecule has 0 fully saturated rings. The minimum Gasteiger partial charge on any atom is -0.496 e. The fourth-order valence-corrected chi connectivity index (χ4v) is 1.43. The summed E-state index contributed by atoms with van der Waals surface area (Å²) in [5.74, 6) is -0.118. The Balaban J connectivity index is 0.00000324. The molecule has 0 saturated heterocycles. The van der Waals surface area contributed by atoms with Crippen LogP contribution in [0.5, 0.6) is 11.5 Å². The molecule has 1 aromatic rings. The Labute approximate surface area is 114 Å². The summed E-state index contributed by atoms with van der Waals surface area (Å²) in [4.78, 5) is 0. The Morgan fingerprint density at radius 2 is 1.89 bits per heavy atom. The van der Waals surface area contributed by atoms with E-state index in [0.29, 0.717) is 0 Å². The quantitative estimate of drug-likeness (QED) is 0.896. The van der Waals surface area contributed by atoms with Crippen molar-refractivity contribution in [1.82, 2.24) is 0 Å². The molecule has 0 aliphatic rings. The first-order chi connectivity index (χ1) is 8.24. The van der Waals surface area contributed by atoms with E-state index in [-0.39, 0.29) is 23.7 Å². The number of methoxy groups -OCH3 is 1. The zero-order valence-corrected chi connectivity index (χ0v) is 11.1. The van der Waals surface area contributed by atoms with Gasteiger partial charge in [0.2, 0.25) is 0 Å². The number of benzene rings is 1. The molecule has 4 nitrogen and oxygen atoms in total. The van der Waals surface area contributed by atoms with Gasteiger partial charge in [0.1, 0.15) is 11.5 Å². The Morgan fingerprint density at radius 1 is 1.32 bits per heavy atom. The number of ether oxygens (including phenoxy) is 2. The first kappa shape index (κ1) is 17.8. The molecule has 8 heteroatoms. The Bertz CT molecular complexity index is 413. The smallest absolute Gasteiger partial charge is 0.496 e. The molecular formula is C11H15ClF3NO3. The van der Waals surface area contributed by atoms with Crippen molar-refractivity contribution >= 4 is 12.4 Å². The number of aliphatic hydroxyl groups excluding tert-OH is 1. The molecule has 0 unspecified atom stereocenters. The van der Waals surface area contributed by atoms with Gasteiger partial charge >= 0.3 is 6.36 Å². The molecule has 3 N–H and O–H groups in total. The number of rotatable bonds is 4. The van der Waals surface area contributed by atoms with Gasteiger partial charge in [-0.1, -0.05) is 0 Å². The summed E-state index contributed by atoms with van der Waals surface area (Å²) in [6, 6.07) is 2.66. The molecule has 0 aromatic heterocycles. The number of alkyl halides is 3. The molecule has 0 spiro atoms. The standard InChI is InChI=1S/C11H14F3NO3.ClH/c1-6(16)10(15)8-5-7(18-11(12,13)14)3-4-9(8)17-2;/h3-6,10,16H,15H2,1-2H3;1H/t6-,10-;/m1./s1. The van der Waals surface area contributed by atoms with Gasteiger partial charge in [0, 0.05) is 5.56 Å². The molecule has 0 bridgehead atoms. The third-order valence-corrected chi connectivity index (χ3v) is 2.31. The maximum absolute atomic E-state index is 12.1. The van der Waals surface area contributed by atoms with Crippen LogP contribution in [0, 0.1) is 0 Å². The molecule has 2 atom stereocenters. The number of hydrogen-bond donors (Lipinski definition) is 2. The number of halogens is 4. The second-order valence-corrected chi connectivity index (χ2v) is 3.72. The molecule has 110 valence electrons. The van der Waals surface area contributed by atoms with E-state index in [1.54, 1.807) is 0 Å². The number of hydrogen-bond acceptors (Lipinski definition) is 4. The Hall–Kier alpha value is -1.18. The van der Waals surface area contributed by atoms with Gasteiger partial charge in [-0.25, -0.2) is 0 Å². The van der Waals surface area contributed by atoms with E-state index >= 15 is 0 Å². The fourth-order valence-electron chi connectivity index (χ4n) is 1.43. The van der Waals surface area contributed by atoms with Gasteiger partial charge in [-0.05, 0) is 25.1 Å². The van der Waals surface area contributed by atoms with Gasteiger partial charge in [-0.3, -0.25) is 0 Å². The summed E-state index contributed by atoms with van der Waals surface area (Å²) in [6.07, 6.45) is -5.71. The maximum atomic E-state index is 12.1. The van der Waals surface area contributed by atoms with E-state index in [0.717, 1.165) is 12.1 Å². The van der Waals surface area contributed by atoms with Crippen LogP contribution in [0.2, 0.25) is 0 Å².